The van der Waals surface area contributed by atoms with Gasteiger partial charge >= 0.3 is 0 Å². The van der Waals surface area contributed by atoms with Gasteiger partial charge in [-0.1, -0.05) is 34.1 Å². The van der Waals surface area contributed by atoms with Gasteiger partial charge in [-0.15, -0.1) is 0 Å². The fourth-order valence-electron chi connectivity index (χ4n) is 2.22. The Labute approximate surface area is 131 Å². The summed E-state index contributed by atoms with van der Waals surface area (Å²) in [6, 6.07) is 9.19. The minimum absolute atomic E-state index is 0.266. The van der Waals surface area contributed by atoms with Crippen molar-refractivity contribution in [2.75, 3.05) is 13.7 Å². The molecule has 2 nitrogen and oxygen atoms in total. The predicted octanol–water partition coefficient (Wildman–Crippen LogP) is 4.43. The monoisotopic (exact) mass is 355 g/mol. The van der Waals surface area contributed by atoms with Crippen LogP contribution in [0.2, 0.25) is 0 Å². The summed E-state index contributed by atoms with van der Waals surface area (Å²) in [5, 5.41) is 3.02. The molecule has 0 radical (unpaired) electrons. The molecule has 0 aliphatic heterocycles. The van der Waals surface area contributed by atoms with Gasteiger partial charge in [-0.25, -0.2) is 8.78 Å². The largest absolute Gasteiger partial charge is 0.494 e. The van der Waals surface area contributed by atoms with Crippen molar-refractivity contribution in [1.82, 2.24) is 5.32 Å². The van der Waals surface area contributed by atoms with Crippen molar-refractivity contribution in [3.8, 4) is 5.75 Å². The standard InChI is InChI=1S/C16H16BrF2NO/c1-3-21-10-7-8-11(13(17)9-10)16(20-2)12-5-4-6-14(18)15(12)19/h4-9,16,20H,3H2,1-2H3. The lowest BCUT2D eigenvalue weighted by Gasteiger charge is -2.20. The molecule has 1 unspecified atom stereocenters. The van der Waals surface area contributed by atoms with Gasteiger partial charge in [0.25, 0.3) is 0 Å². The molecule has 5 heteroatoms. The molecule has 0 aromatic heterocycles. The molecule has 0 spiro atoms. The maximum Gasteiger partial charge on any atom is 0.163 e. The van der Waals surface area contributed by atoms with E-state index in [0.717, 1.165) is 21.9 Å². The average molecular weight is 356 g/mol. The number of nitrogens with one attached hydrogen (secondary N) is 1. The number of rotatable bonds is 5. The summed E-state index contributed by atoms with van der Waals surface area (Å²) in [4.78, 5) is 0. The summed E-state index contributed by atoms with van der Waals surface area (Å²) in [5.41, 5.74) is 1.08. The molecule has 1 atom stereocenters. The third-order valence-electron chi connectivity index (χ3n) is 3.18. The molecule has 112 valence electrons. The van der Waals surface area contributed by atoms with Gasteiger partial charge in [0.2, 0.25) is 0 Å². The fraction of sp³-hybridized carbons (Fsp3) is 0.250. The normalized spacial score (nSPS) is 12.2. The van der Waals surface area contributed by atoms with Gasteiger partial charge in [-0.05, 0) is 37.7 Å². The minimum Gasteiger partial charge on any atom is -0.494 e. The maximum absolute atomic E-state index is 14.0. The van der Waals surface area contributed by atoms with Crippen LogP contribution in [0, 0.1) is 11.6 Å². The molecule has 0 amide bonds. The fourth-order valence-corrected chi connectivity index (χ4v) is 2.81. The molecule has 0 saturated carbocycles. The zero-order valence-electron chi connectivity index (χ0n) is 11.8. The second-order valence-corrected chi connectivity index (χ2v) is 5.34. The molecule has 0 aliphatic carbocycles. The van der Waals surface area contributed by atoms with Crippen LogP contribution in [0.4, 0.5) is 8.78 Å². The Morgan fingerprint density at radius 2 is 1.95 bits per heavy atom. The van der Waals surface area contributed by atoms with Gasteiger partial charge in [0.15, 0.2) is 11.6 Å². The second-order valence-electron chi connectivity index (χ2n) is 4.48. The Kier molecular flexibility index (Phi) is 5.31. The lowest BCUT2D eigenvalue weighted by Crippen LogP contribution is -2.20. The van der Waals surface area contributed by atoms with Crippen LogP contribution in [0.3, 0.4) is 0 Å². The molecule has 0 heterocycles. The molecule has 0 fully saturated rings. The van der Waals surface area contributed by atoms with Crippen LogP contribution in [0.5, 0.6) is 5.75 Å². The average Bonchev–Trinajstić information content (AvgIpc) is 2.46. The van der Waals surface area contributed by atoms with E-state index in [0.29, 0.717) is 6.61 Å². The Hall–Kier alpha value is -1.46. The third kappa shape index (κ3) is 3.41. The van der Waals surface area contributed by atoms with Gasteiger partial charge in [0.05, 0.1) is 12.6 Å². The van der Waals surface area contributed by atoms with Crippen LogP contribution in [-0.2, 0) is 0 Å². The van der Waals surface area contributed by atoms with Crippen LogP contribution in [0.15, 0.2) is 40.9 Å². The number of benzene rings is 2. The molecular weight excluding hydrogens is 340 g/mol. The van der Waals surface area contributed by atoms with E-state index in [1.807, 2.05) is 25.1 Å². The van der Waals surface area contributed by atoms with E-state index in [1.54, 1.807) is 13.1 Å². The van der Waals surface area contributed by atoms with E-state index >= 15 is 0 Å². The Morgan fingerprint density at radius 3 is 2.57 bits per heavy atom. The number of hydrogen-bond acceptors (Lipinski definition) is 2. The van der Waals surface area contributed by atoms with Crippen LogP contribution in [-0.4, -0.2) is 13.7 Å². The molecule has 0 aliphatic rings. The maximum atomic E-state index is 14.0. The summed E-state index contributed by atoms with van der Waals surface area (Å²) in [6.45, 7) is 2.47. The van der Waals surface area contributed by atoms with Gasteiger partial charge in [0, 0.05) is 10.0 Å². The Bertz CT molecular complexity index is 634. The topological polar surface area (TPSA) is 21.3 Å². The summed E-state index contributed by atoms with van der Waals surface area (Å²) in [5.74, 6) is -0.963. The summed E-state index contributed by atoms with van der Waals surface area (Å²) < 4.78 is 33.6. The van der Waals surface area contributed by atoms with Crippen molar-refractivity contribution in [3.63, 3.8) is 0 Å². The molecule has 21 heavy (non-hydrogen) atoms. The van der Waals surface area contributed by atoms with Crippen molar-refractivity contribution in [3.05, 3.63) is 63.6 Å². The first kappa shape index (κ1) is 15.9. The summed E-state index contributed by atoms with van der Waals surface area (Å²) in [7, 11) is 1.71. The van der Waals surface area contributed by atoms with E-state index in [9.17, 15) is 8.78 Å². The molecular formula is C16H16BrF2NO. The van der Waals surface area contributed by atoms with Crippen LogP contribution in [0.1, 0.15) is 24.1 Å². The van der Waals surface area contributed by atoms with Gasteiger partial charge < -0.3 is 10.1 Å². The van der Waals surface area contributed by atoms with E-state index in [1.165, 1.54) is 6.07 Å². The van der Waals surface area contributed by atoms with Crippen molar-refractivity contribution in [1.29, 1.82) is 0 Å². The second kappa shape index (κ2) is 7.00. The number of ether oxygens (including phenoxy) is 1. The smallest absolute Gasteiger partial charge is 0.163 e. The van der Waals surface area contributed by atoms with Gasteiger partial charge in [0.1, 0.15) is 5.75 Å². The first-order valence-electron chi connectivity index (χ1n) is 6.61. The Balaban J connectivity index is 2.44. The zero-order chi connectivity index (χ0) is 15.4. The van der Waals surface area contributed by atoms with Crippen molar-refractivity contribution < 1.29 is 13.5 Å². The lowest BCUT2D eigenvalue weighted by molar-refractivity contribution is 0.340. The van der Waals surface area contributed by atoms with E-state index in [2.05, 4.69) is 21.2 Å². The van der Waals surface area contributed by atoms with Crippen LogP contribution >= 0.6 is 15.9 Å². The number of halogens is 3. The highest BCUT2D eigenvalue weighted by Gasteiger charge is 2.20. The van der Waals surface area contributed by atoms with Crippen molar-refractivity contribution >= 4 is 15.9 Å². The van der Waals surface area contributed by atoms with E-state index < -0.39 is 17.7 Å². The predicted molar refractivity (Wildman–Crippen MR) is 82.6 cm³/mol. The van der Waals surface area contributed by atoms with E-state index in [-0.39, 0.29) is 5.56 Å². The highest BCUT2D eigenvalue weighted by Crippen LogP contribution is 2.32. The summed E-state index contributed by atoms with van der Waals surface area (Å²) in [6.07, 6.45) is 0. The SMILES string of the molecule is CCOc1ccc(C(NC)c2cccc(F)c2F)c(Br)c1. The lowest BCUT2D eigenvalue weighted by atomic mass is 9.98. The molecule has 0 saturated heterocycles. The van der Waals surface area contributed by atoms with Crippen molar-refractivity contribution in [2.24, 2.45) is 0 Å². The van der Waals surface area contributed by atoms with Crippen molar-refractivity contribution in [2.45, 2.75) is 13.0 Å². The van der Waals surface area contributed by atoms with E-state index in [4.69, 9.17) is 4.74 Å². The first-order valence-corrected chi connectivity index (χ1v) is 7.41. The molecule has 1 N–H and O–H groups in total. The quantitative estimate of drug-likeness (QED) is 0.856. The third-order valence-corrected chi connectivity index (χ3v) is 3.86. The molecule has 2 aromatic rings. The molecule has 0 bridgehead atoms. The zero-order valence-corrected chi connectivity index (χ0v) is 13.4. The van der Waals surface area contributed by atoms with Crippen LogP contribution in [0.25, 0.3) is 0 Å². The first-order chi connectivity index (χ1) is 10.1. The molecule has 2 rings (SSSR count). The highest BCUT2D eigenvalue weighted by atomic mass is 79.9. The molecule has 2 aromatic carbocycles. The minimum atomic E-state index is -0.852. The number of hydrogen-bond donors (Lipinski definition) is 1. The van der Waals surface area contributed by atoms with Gasteiger partial charge in [-0.2, -0.15) is 0 Å². The summed E-state index contributed by atoms with van der Waals surface area (Å²) >= 11 is 3.46. The highest BCUT2D eigenvalue weighted by molar-refractivity contribution is 9.10. The van der Waals surface area contributed by atoms with Gasteiger partial charge in [-0.3, -0.25) is 0 Å². The Morgan fingerprint density at radius 1 is 1.19 bits per heavy atom. The van der Waals surface area contributed by atoms with Crippen LogP contribution < -0.4 is 10.1 Å².